The number of nitrogens with two attached hydrogens (primary N) is 1. The molecule has 2 rings (SSSR count). The van der Waals surface area contributed by atoms with Crippen molar-refractivity contribution in [2.75, 3.05) is 11.1 Å². The maximum Gasteiger partial charge on any atom is 0.137 e. The van der Waals surface area contributed by atoms with Gasteiger partial charge in [-0.25, -0.2) is 15.0 Å². The van der Waals surface area contributed by atoms with Crippen LogP contribution in [-0.2, 0) is 0 Å². The van der Waals surface area contributed by atoms with Crippen LogP contribution in [-0.4, -0.2) is 15.0 Å². The van der Waals surface area contributed by atoms with Crippen LogP contribution in [0.15, 0.2) is 36.8 Å². The van der Waals surface area contributed by atoms with Crippen LogP contribution in [0.4, 0.5) is 17.5 Å². The Bertz CT molecular complexity index is 415. The second-order valence-corrected chi connectivity index (χ2v) is 2.67. The van der Waals surface area contributed by atoms with E-state index in [-0.39, 0.29) is 0 Å². The zero-order valence-corrected chi connectivity index (χ0v) is 7.38. The van der Waals surface area contributed by atoms with Gasteiger partial charge < -0.3 is 11.1 Å². The highest BCUT2D eigenvalue weighted by atomic mass is 15.1. The second kappa shape index (κ2) is 3.69. The van der Waals surface area contributed by atoms with E-state index in [2.05, 4.69) is 20.3 Å². The molecule has 0 aliphatic heterocycles. The largest absolute Gasteiger partial charge is 0.384 e. The summed E-state index contributed by atoms with van der Waals surface area (Å²) in [7, 11) is 0. The molecule has 0 aliphatic rings. The molecule has 0 saturated carbocycles. The Morgan fingerprint density at radius 2 is 2.00 bits per heavy atom. The van der Waals surface area contributed by atoms with Gasteiger partial charge in [0.2, 0.25) is 0 Å². The van der Waals surface area contributed by atoms with Crippen molar-refractivity contribution in [3.63, 3.8) is 0 Å². The molecule has 2 aromatic rings. The Morgan fingerprint density at radius 1 is 1.07 bits per heavy atom. The standard InChI is InChI=1S/C9H9N5/c10-7-5-9(13-6-12-7)14-8-3-1-2-4-11-8/h1-6H,(H3,10,11,12,13,14). The third-order valence-electron chi connectivity index (χ3n) is 1.61. The quantitative estimate of drug-likeness (QED) is 0.738. The fourth-order valence-corrected chi connectivity index (χ4v) is 1.01. The van der Waals surface area contributed by atoms with Crippen molar-refractivity contribution in [3.8, 4) is 0 Å². The molecular formula is C9H9N5. The van der Waals surface area contributed by atoms with Crippen molar-refractivity contribution in [1.82, 2.24) is 15.0 Å². The first-order chi connectivity index (χ1) is 6.84. The molecule has 2 aromatic heterocycles. The summed E-state index contributed by atoms with van der Waals surface area (Å²) in [5, 5.41) is 3.00. The summed E-state index contributed by atoms with van der Waals surface area (Å²) in [4.78, 5) is 11.9. The number of pyridine rings is 1. The minimum absolute atomic E-state index is 0.429. The molecule has 2 heterocycles. The van der Waals surface area contributed by atoms with Crippen LogP contribution >= 0.6 is 0 Å². The number of nitrogens with zero attached hydrogens (tertiary/aromatic N) is 3. The first kappa shape index (κ1) is 8.43. The molecule has 0 aromatic carbocycles. The van der Waals surface area contributed by atoms with Crippen molar-refractivity contribution < 1.29 is 0 Å². The summed E-state index contributed by atoms with van der Waals surface area (Å²) in [5.74, 6) is 1.79. The Labute approximate surface area is 81.0 Å². The molecule has 0 unspecified atom stereocenters. The maximum atomic E-state index is 5.50. The average molecular weight is 187 g/mol. The predicted octanol–water partition coefficient (Wildman–Crippen LogP) is 1.20. The first-order valence-electron chi connectivity index (χ1n) is 4.10. The third-order valence-corrected chi connectivity index (χ3v) is 1.61. The van der Waals surface area contributed by atoms with Crippen LogP contribution in [0.3, 0.4) is 0 Å². The lowest BCUT2D eigenvalue weighted by atomic mass is 10.4. The molecule has 0 amide bonds. The third kappa shape index (κ3) is 1.95. The SMILES string of the molecule is Nc1cc(Nc2ccccn2)ncn1. The molecular weight excluding hydrogens is 178 g/mol. The molecule has 0 aliphatic carbocycles. The topological polar surface area (TPSA) is 76.7 Å². The molecule has 0 atom stereocenters. The van der Waals surface area contributed by atoms with Crippen LogP contribution in [0.2, 0.25) is 0 Å². The highest BCUT2D eigenvalue weighted by molar-refractivity contribution is 5.53. The summed E-state index contributed by atoms with van der Waals surface area (Å²) in [6.45, 7) is 0. The predicted molar refractivity (Wildman–Crippen MR) is 54.0 cm³/mol. The zero-order chi connectivity index (χ0) is 9.80. The molecule has 3 N–H and O–H groups in total. The number of nitrogen functional groups attached to an aromatic ring is 1. The zero-order valence-electron chi connectivity index (χ0n) is 7.38. The molecule has 0 bridgehead atoms. The van der Waals surface area contributed by atoms with E-state index in [0.29, 0.717) is 11.6 Å². The molecule has 0 fully saturated rings. The van der Waals surface area contributed by atoms with E-state index in [1.807, 2.05) is 18.2 Å². The fourth-order valence-electron chi connectivity index (χ4n) is 1.01. The molecule has 5 nitrogen and oxygen atoms in total. The number of anilines is 3. The fraction of sp³-hybridized carbons (Fsp3) is 0. The highest BCUT2D eigenvalue weighted by Crippen LogP contribution is 2.11. The van der Waals surface area contributed by atoms with Gasteiger partial charge in [-0.05, 0) is 12.1 Å². The Kier molecular flexibility index (Phi) is 2.22. The summed E-state index contributed by atoms with van der Waals surface area (Å²) in [6, 6.07) is 7.23. The van der Waals surface area contributed by atoms with Crippen molar-refractivity contribution in [3.05, 3.63) is 36.8 Å². The lowest BCUT2D eigenvalue weighted by Gasteiger charge is -2.03. The van der Waals surface area contributed by atoms with E-state index >= 15 is 0 Å². The summed E-state index contributed by atoms with van der Waals surface area (Å²) >= 11 is 0. The van der Waals surface area contributed by atoms with Gasteiger partial charge in [-0.15, -0.1) is 0 Å². The van der Waals surface area contributed by atoms with Gasteiger partial charge in [0, 0.05) is 12.3 Å². The summed E-state index contributed by atoms with van der Waals surface area (Å²) in [5.41, 5.74) is 5.50. The van der Waals surface area contributed by atoms with Crippen LogP contribution in [0.5, 0.6) is 0 Å². The number of nitrogens with one attached hydrogen (secondary N) is 1. The minimum atomic E-state index is 0.429. The van der Waals surface area contributed by atoms with E-state index in [4.69, 9.17) is 5.73 Å². The molecule has 5 heteroatoms. The molecule has 0 saturated heterocycles. The number of hydrogen-bond donors (Lipinski definition) is 2. The van der Waals surface area contributed by atoms with Gasteiger partial charge in [-0.1, -0.05) is 6.07 Å². The monoisotopic (exact) mass is 187 g/mol. The van der Waals surface area contributed by atoms with E-state index in [9.17, 15) is 0 Å². The Balaban J connectivity index is 2.19. The highest BCUT2D eigenvalue weighted by Gasteiger charge is 1.96. The van der Waals surface area contributed by atoms with Crippen molar-refractivity contribution in [1.29, 1.82) is 0 Å². The average Bonchev–Trinajstić information content (AvgIpc) is 2.19. The smallest absolute Gasteiger partial charge is 0.137 e. The molecule has 0 radical (unpaired) electrons. The molecule has 14 heavy (non-hydrogen) atoms. The summed E-state index contributed by atoms with van der Waals surface area (Å²) in [6.07, 6.45) is 3.10. The van der Waals surface area contributed by atoms with Crippen LogP contribution in [0.25, 0.3) is 0 Å². The molecule has 70 valence electrons. The lowest BCUT2D eigenvalue weighted by Crippen LogP contribution is -1.98. The van der Waals surface area contributed by atoms with Crippen LogP contribution in [0, 0.1) is 0 Å². The van der Waals surface area contributed by atoms with Crippen LogP contribution < -0.4 is 11.1 Å². The van der Waals surface area contributed by atoms with E-state index in [1.165, 1.54) is 6.33 Å². The maximum absolute atomic E-state index is 5.50. The van der Waals surface area contributed by atoms with Gasteiger partial charge in [0.1, 0.15) is 23.8 Å². The number of aromatic nitrogens is 3. The van der Waals surface area contributed by atoms with Gasteiger partial charge in [0.25, 0.3) is 0 Å². The molecule has 0 spiro atoms. The van der Waals surface area contributed by atoms with E-state index < -0.39 is 0 Å². The number of hydrogen-bond acceptors (Lipinski definition) is 5. The summed E-state index contributed by atoms with van der Waals surface area (Å²) < 4.78 is 0. The van der Waals surface area contributed by atoms with Gasteiger partial charge in [-0.2, -0.15) is 0 Å². The van der Waals surface area contributed by atoms with Gasteiger partial charge in [0.15, 0.2) is 0 Å². The number of rotatable bonds is 2. The second-order valence-electron chi connectivity index (χ2n) is 2.67. The van der Waals surface area contributed by atoms with Crippen molar-refractivity contribution >= 4 is 17.5 Å². The lowest BCUT2D eigenvalue weighted by molar-refractivity contribution is 1.16. The van der Waals surface area contributed by atoms with Gasteiger partial charge in [0.05, 0.1) is 0 Å². The Morgan fingerprint density at radius 3 is 2.71 bits per heavy atom. The van der Waals surface area contributed by atoms with Crippen molar-refractivity contribution in [2.24, 2.45) is 0 Å². The van der Waals surface area contributed by atoms with Gasteiger partial charge in [-0.3, -0.25) is 0 Å². The van der Waals surface area contributed by atoms with Crippen molar-refractivity contribution in [2.45, 2.75) is 0 Å². The van der Waals surface area contributed by atoms with E-state index in [1.54, 1.807) is 12.3 Å². The first-order valence-corrected chi connectivity index (χ1v) is 4.10. The normalized spacial score (nSPS) is 9.71. The Hall–Kier alpha value is -2.17. The van der Waals surface area contributed by atoms with E-state index in [0.717, 1.165) is 5.82 Å². The van der Waals surface area contributed by atoms with Gasteiger partial charge >= 0.3 is 0 Å². The van der Waals surface area contributed by atoms with Crippen LogP contribution in [0.1, 0.15) is 0 Å². The minimum Gasteiger partial charge on any atom is -0.384 e.